The quantitative estimate of drug-likeness (QED) is 0.626. The van der Waals surface area contributed by atoms with Crippen molar-refractivity contribution in [3.63, 3.8) is 0 Å². The highest BCUT2D eigenvalue weighted by atomic mass is 32.2. The van der Waals surface area contributed by atoms with Crippen molar-refractivity contribution in [1.82, 2.24) is 19.9 Å². The summed E-state index contributed by atoms with van der Waals surface area (Å²) < 4.78 is 0. The fraction of sp³-hybridized carbons (Fsp3) is 0.375. The molecule has 0 spiro atoms. The lowest BCUT2D eigenvalue weighted by Gasteiger charge is -2.16. The Kier molecular flexibility index (Phi) is 4.93. The number of ketones is 1. The number of fused-ring (bicyclic) bond motifs is 1. The molecule has 1 aliphatic rings. The second-order valence-corrected chi connectivity index (χ2v) is 6.72. The summed E-state index contributed by atoms with van der Waals surface area (Å²) in [6.07, 6.45) is 1.98. The van der Waals surface area contributed by atoms with E-state index in [9.17, 15) is 14.4 Å². The average molecular weight is 359 g/mol. The maximum absolute atomic E-state index is 12.1. The summed E-state index contributed by atoms with van der Waals surface area (Å²) in [6.45, 7) is 3.46. The van der Waals surface area contributed by atoms with Crippen molar-refractivity contribution in [2.24, 2.45) is 0 Å². The number of aromatic amines is 1. The van der Waals surface area contributed by atoms with Crippen LogP contribution in [-0.2, 0) is 11.2 Å². The van der Waals surface area contributed by atoms with Crippen molar-refractivity contribution in [3.8, 4) is 0 Å². The zero-order chi connectivity index (χ0) is 18.0. The van der Waals surface area contributed by atoms with Gasteiger partial charge in [0.05, 0.1) is 22.7 Å². The number of carbonyl (C=O) groups is 2. The van der Waals surface area contributed by atoms with E-state index in [1.165, 1.54) is 6.07 Å². The van der Waals surface area contributed by atoms with E-state index in [0.29, 0.717) is 40.6 Å². The largest absolute Gasteiger partial charge is 0.301 e. The number of amides is 1. The van der Waals surface area contributed by atoms with E-state index < -0.39 is 0 Å². The Morgan fingerprint density at radius 3 is 2.80 bits per heavy atom. The number of Topliss-reactive ketones (excluding diaryl/α,β-unsaturated/α-hetero) is 1. The second-order valence-electron chi connectivity index (χ2n) is 5.76. The van der Waals surface area contributed by atoms with Gasteiger partial charge in [-0.3, -0.25) is 19.7 Å². The molecular formula is C16H17N5O3S. The lowest BCUT2D eigenvalue weighted by Crippen LogP contribution is -2.21. The van der Waals surface area contributed by atoms with Gasteiger partial charge in [-0.15, -0.1) is 0 Å². The predicted octanol–water partition coefficient (Wildman–Crippen LogP) is 1.43. The van der Waals surface area contributed by atoms with Crippen LogP contribution in [0.4, 0.5) is 5.95 Å². The molecular weight excluding hydrogens is 342 g/mol. The van der Waals surface area contributed by atoms with Crippen LogP contribution in [0.2, 0.25) is 0 Å². The molecule has 25 heavy (non-hydrogen) atoms. The molecule has 2 N–H and O–H groups in total. The van der Waals surface area contributed by atoms with Crippen molar-refractivity contribution < 1.29 is 9.59 Å². The van der Waals surface area contributed by atoms with Crippen molar-refractivity contribution in [3.05, 3.63) is 39.1 Å². The van der Waals surface area contributed by atoms with E-state index in [2.05, 4.69) is 25.3 Å². The fourth-order valence-electron chi connectivity index (χ4n) is 2.69. The van der Waals surface area contributed by atoms with Crippen LogP contribution in [0.15, 0.2) is 16.0 Å². The van der Waals surface area contributed by atoms with E-state index in [4.69, 9.17) is 0 Å². The number of hydrogen-bond donors (Lipinski definition) is 2. The van der Waals surface area contributed by atoms with E-state index in [0.717, 1.165) is 18.2 Å². The van der Waals surface area contributed by atoms with Crippen molar-refractivity contribution in [2.75, 3.05) is 11.1 Å². The topological polar surface area (TPSA) is 118 Å². The molecule has 0 atom stereocenters. The number of aromatic nitrogens is 4. The van der Waals surface area contributed by atoms with E-state index in [1.54, 1.807) is 13.8 Å². The molecule has 3 rings (SSSR count). The van der Waals surface area contributed by atoms with Gasteiger partial charge in [-0.05, 0) is 26.7 Å². The number of nitrogens with zero attached hydrogens (tertiary/aromatic N) is 3. The summed E-state index contributed by atoms with van der Waals surface area (Å²) in [7, 11) is 0. The first kappa shape index (κ1) is 17.3. The average Bonchev–Trinajstić information content (AvgIpc) is 2.52. The summed E-state index contributed by atoms with van der Waals surface area (Å²) >= 11 is 1.12. The molecule has 0 fully saturated rings. The molecule has 0 aromatic carbocycles. The number of H-pyrrole nitrogens is 1. The van der Waals surface area contributed by atoms with Crippen LogP contribution in [0, 0.1) is 13.8 Å². The van der Waals surface area contributed by atoms with Gasteiger partial charge in [-0.1, -0.05) is 11.8 Å². The van der Waals surface area contributed by atoms with Crippen LogP contribution in [0.1, 0.15) is 40.3 Å². The van der Waals surface area contributed by atoms with Crippen LogP contribution in [0.3, 0.4) is 0 Å². The summed E-state index contributed by atoms with van der Waals surface area (Å²) in [5.41, 5.74) is 2.19. The van der Waals surface area contributed by atoms with Crippen LogP contribution in [0.5, 0.6) is 0 Å². The highest BCUT2D eigenvalue weighted by molar-refractivity contribution is 7.99. The van der Waals surface area contributed by atoms with Crippen LogP contribution in [0.25, 0.3) is 0 Å². The molecule has 2 aromatic rings. The standard InChI is InChI=1S/C16H17N5O3S/c1-8-6-12(23)21-16(17-8)25-7-13(24)20-15-18-9(2)14-10(19-15)4-3-5-11(14)22/h6H,3-5,7H2,1-2H3,(H,17,21,23)(H,18,19,20,24). The summed E-state index contributed by atoms with van der Waals surface area (Å²) in [5, 5.41) is 3.02. The maximum Gasteiger partial charge on any atom is 0.251 e. The first-order valence-corrected chi connectivity index (χ1v) is 8.82. The van der Waals surface area contributed by atoms with Crippen molar-refractivity contribution in [1.29, 1.82) is 0 Å². The fourth-order valence-corrected chi connectivity index (χ4v) is 3.41. The van der Waals surface area contributed by atoms with Gasteiger partial charge in [0.2, 0.25) is 11.9 Å². The third kappa shape index (κ3) is 4.11. The number of carbonyl (C=O) groups excluding carboxylic acids is 2. The summed E-state index contributed by atoms with van der Waals surface area (Å²) in [6, 6.07) is 1.38. The van der Waals surface area contributed by atoms with Crippen molar-refractivity contribution in [2.45, 2.75) is 38.3 Å². The van der Waals surface area contributed by atoms with Crippen LogP contribution < -0.4 is 10.9 Å². The van der Waals surface area contributed by atoms with Gasteiger partial charge in [0.25, 0.3) is 5.56 Å². The van der Waals surface area contributed by atoms with Gasteiger partial charge in [0, 0.05) is 18.2 Å². The Bertz CT molecular complexity index is 909. The zero-order valence-corrected chi connectivity index (χ0v) is 14.7. The second kappa shape index (κ2) is 7.14. The highest BCUT2D eigenvalue weighted by Gasteiger charge is 2.22. The molecule has 0 aliphatic heterocycles. The molecule has 0 bridgehead atoms. The molecule has 0 unspecified atom stereocenters. The summed E-state index contributed by atoms with van der Waals surface area (Å²) in [5.74, 6) is 0.00436. The zero-order valence-electron chi connectivity index (χ0n) is 13.9. The maximum atomic E-state index is 12.1. The highest BCUT2D eigenvalue weighted by Crippen LogP contribution is 2.23. The molecule has 9 heteroatoms. The molecule has 1 aliphatic carbocycles. The van der Waals surface area contributed by atoms with Gasteiger partial charge in [0.1, 0.15) is 0 Å². The number of hydrogen-bond acceptors (Lipinski definition) is 7. The number of aryl methyl sites for hydroxylation is 3. The number of thioether (sulfide) groups is 1. The van der Waals surface area contributed by atoms with E-state index >= 15 is 0 Å². The molecule has 0 saturated carbocycles. The molecule has 0 saturated heterocycles. The van der Waals surface area contributed by atoms with Gasteiger partial charge >= 0.3 is 0 Å². The van der Waals surface area contributed by atoms with Crippen molar-refractivity contribution >= 4 is 29.4 Å². The van der Waals surface area contributed by atoms with Gasteiger partial charge < -0.3 is 4.98 Å². The van der Waals surface area contributed by atoms with Gasteiger partial charge in [-0.25, -0.2) is 15.0 Å². The molecule has 130 valence electrons. The van der Waals surface area contributed by atoms with Gasteiger partial charge in [-0.2, -0.15) is 0 Å². The van der Waals surface area contributed by atoms with Gasteiger partial charge in [0.15, 0.2) is 10.9 Å². The van der Waals surface area contributed by atoms with Crippen LogP contribution >= 0.6 is 11.8 Å². The molecule has 2 heterocycles. The number of rotatable bonds is 4. The van der Waals surface area contributed by atoms with Crippen LogP contribution in [-0.4, -0.2) is 37.4 Å². The molecule has 2 aromatic heterocycles. The minimum absolute atomic E-state index is 0.0571. The van der Waals surface area contributed by atoms with E-state index in [-0.39, 0.29) is 29.0 Å². The Balaban J connectivity index is 1.68. The monoisotopic (exact) mass is 359 g/mol. The summed E-state index contributed by atoms with van der Waals surface area (Å²) in [4.78, 5) is 50.7. The molecule has 8 nitrogen and oxygen atoms in total. The van der Waals surface area contributed by atoms with E-state index in [1.807, 2.05) is 0 Å². The number of anilines is 1. The Morgan fingerprint density at radius 2 is 2.04 bits per heavy atom. The smallest absolute Gasteiger partial charge is 0.251 e. The predicted molar refractivity (Wildman–Crippen MR) is 93.0 cm³/mol. The Morgan fingerprint density at radius 1 is 1.24 bits per heavy atom. The third-order valence-corrected chi connectivity index (χ3v) is 4.57. The lowest BCUT2D eigenvalue weighted by atomic mass is 9.94. The lowest BCUT2D eigenvalue weighted by molar-refractivity contribution is -0.113. The first-order chi connectivity index (χ1) is 11.9. The molecule has 0 radical (unpaired) electrons. The normalized spacial score (nSPS) is 13.4. The molecule has 1 amide bonds. The minimum Gasteiger partial charge on any atom is -0.301 e. The number of nitrogens with one attached hydrogen (secondary N) is 2. The Labute approximate surface area is 147 Å². The first-order valence-electron chi connectivity index (χ1n) is 7.83. The minimum atomic E-state index is -0.310. The Hall–Kier alpha value is -2.55. The third-order valence-electron chi connectivity index (χ3n) is 3.70. The SMILES string of the molecule is Cc1cc(=O)[nH]c(SCC(=O)Nc2nc(C)c3c(n2)CCCC3=O)n1.